The zero-order valence-electron chi connectivity index (χ0n) is 16.7. The Morgan fingerprint density at radius 1 is 1.30 bits per heavy atom. The Hall–Kier alpha value is -2.60. The van der Waals surface area contributed by atoms with Crippen LogP contribution in [0, 0.1) is 11.3 Å². The van der Waals surface area contributed by atoms with Gasteiger partial charge in [0.25, 0.3) is 5.91 Å². The molecule has 27 heavy (non-hydrogen) atoms. The van der Waals surface area contributed by atoms with Crippen LogP contribution in [0.5, 0.6) is 5.88 Å². The summed E-state index contributed by atoms with van der Waals surface area (Å²) in [4.78, 5) is 21.3. The maximum atomic E-state index is 11.5. The number of hydrogen-bond acceptors (Lipinski definition) is 6. The quantitative estimate of drug-likeness (QED) is 0.767. The average Bonchev–Trinajstić information content (AvgIpc) is 2.97. The van der Waals surface area contributed by atoms with Crippen LogP contribution in [0.4, 0.5) is 5.82 Å². The molecule has 0 aliphatic carbocycles. The molecule has 0 fully saturated rings. The molecule has 0 atom stereocenters. The van der Waals surface area contributed by atoms with Gasteiger partial charge in [-0.3, -0.25) is 9.36 Å². The first-order valence-electron chi connectivity index (χ1n) is 8.63. The molecule has 0 aromatic carbocycles. The number of rotatable bonds is 5. The number of nitrogen functional groups attached to an aromatic ring is 1. The third-order valence-electron chi connectivity index (χ3n) is 3.01. The largest absolute Gasteiger partial charge is 0.468 e. The number of hydrogen-bond donors (Lipinski definition) is 1. The molecule has 0 saturated carbocycles. The first kappa shape index (κ1) is 24.4. The van der Waals surface area contributed by atoms with E-state index in [1.54, 1.807) is 36.9 Å². The molecule has 0 bridgehead atoms. The third-order valence-corrected chi connectivity index (χ3v) is 3.62. The number of aromatic nitrogens is 3. The number of carbonyl (C=O) groups is 1. The van der Waals surface area contributed by atoms with Gasteiger partial charge in [-0.15, -0.1) is 0 Å². The molecule has 0 aliphatic heterocycles. The van der Waals surface area contributed by atoms with Crippen LogP contribution in [0.1, 0.15) is 39.1 Å². The summed E-state index contributed by atoms with van der Waals surface area (Å²) >= 11 is 3.26. The number of anilines is 1. The van der Waals surface area contributed by atoms with E-state index in [2.05, 4.69) is 25.9 Å². The summed E-state index contributed by atoms with van der Waals surface area (Å²) in [5.41, 5.74) is 6.69. The van der Waals surface area contributed by atoms with E-state index in [4.69, 9.17) is 15.7 Å². The average molecular weight is 439 g/mol. The van der Waals surface area contributed by atoms with E-state index in [1.165, 1.54) is 4.90 Å². The van der Waals surface area contributed by atoms with Gasteiger partial charge in [-0.2, -0.15) is 5.26 Å². The lowest BCUT2D eigenvalue weighted by Gasteiger charge is -2.11. The number of nitrogens with zero attached hydrogens (tertiary/aromatic N) is 5. The molecule has 2 rings (SSSR count). The van der Waals surface area contributed by atoms with Gasteiger partial charge in [-0.05, 0) is 22.0 Å². The Morgan fingerprint density at radius 2 is 1.93 bits per heavy atom. The van der Waals surface area contributed by atoms with E-state index >= 15 is 0 Å². The highest BCUT2D eigenvalue weighted by atomic mass is 79.9. The molecule has 148 valence electrons. The molecule has 0 aliphatic rings. The molecule has 0 saturated heterocycles. The standard InChI is InChI=1S/C14H15BrN6O2.2C2H6/c1-20(2)12(22)8-23-11-5-3-4-9(18-11)7-21-13(17)10(6-16)19-14(21)15;2*1-2/h3-5H,7-8,17H2,1-2H3;2*1-2H3. The maximum absolute atomic E-state index is 11.5. The molecule has 8 nitrogen and oxygen atoms in total. The van der Waals surface area contributed by atoms with Crippen LogP contribution >= 0.6 is 15.9 Å². The number of nitriles is 1. The van der Waals surface area contributed by atoms with Crippen molar-refractivity contribution in [2.24, 2.45) is 0 Å². The van der Waals surface area contributed by atoms with Crippen molar-refractivity contribution in [1.29, 1.82) is 5.26 Å². The van der Waals surface area contributed by atoms with Crippen LogP contribution in [0.2, 0.25) is 0 Å². The Kier molecular flexibility index (Phi) is 11.5. The topological polar surface area (TPSA) is 110 Å². The molecule has 1 amide bonds. The summed E-state index contributed by atoms with van der Waals surface area (Å²) in [6.07, 6.45) is 0. The summed E-state index contributed by atoms with van der Waals surface area (Å²) in [5.74, 6) is 0.445. The van der Waals surface area contributed by atoms with Crippen LogP contribution in [0.25, 0.3) is 0 Å². The lowest BCUT2D eigenvalue weighted by molar-refractivity contribution is -0.130. The smallest absolute Gasteiger partial charge is 0.260 e. The number of nitrogens with two attached hydrogens (primary N) is 1. The minimum absolute atomic E-state index is 0.0844. The van der Waals surface area contributed by atoms with Crippen LogP contribution in [0.15, 0.2) is 22.9 Å². The summed E-state index contributed by atoms with van der Waals surface area (Å²) in [5, 5.41) is 8.93. The van der Waals surface area contributed by atoms with E-state index in [-0.39, 0.29) is 24.0 Å². The second-order valence-electron chi connectivity index (χ2n) is 4.86. The van der Waals surface area contributed by atoms with Crippen LogP contribution in [-0.4, -0.2) is 46.0 Å². The molecular weight excluding hydrogens is 412 g/mol. The monoisotopic (exact) mass is 438 g/mol. The number of pyridine rings is 1. The Bertz CT molecular complexity index is 768. The van der Waals surface area contributed by atoms with Crippen molar-refractivity contribution in [3.8, 4) is 11.9 Å². The van der Waals surface area contributed by atoms with Crippen molar-refractivity contribution in [3.05, 3.63) is 34.3 Å². The first-order chi connectivity index (χ1) is 12.9. The summed E-state index contributed by atoms with van der Waals surface area (Å²) in [6.45, 7) is 8.23. The fraction of sp³-hybridized carbons (Fsp3) is 0.444. The van der Waals surface area contributed by atoms with Gasteiger partial charge in [0, 0.05) is 20.2 Å². The third kappa shape index (κ3) is 7.27. The number of imidazole rings is 1. The molecule has 0 unspecified atom stereocenters. The van der Waals surface area contributed by atoms with E-state index in [9.17, 15) is 4.79 Å². The summed E-state index contributed by atoms with van der Waals surface area (Å²) < 4.78 is 7.44. The molecule has 2 N–H and O–H groups in total. The van der Waals surface area contributed by atoms with E-state index in [0.29, 0.717) is 22.9 Å². The van der Waals surface area contributed by atoms with Crippen LogP contribution < -0.4 is 10.5 Å². The summed E-state index contributed by atoms with van der Waals surface area (Å²) in [7, 11) is 3.31. The van der Waals surface area contributed by atoms with Gasteiger partial charge in [-0.25, -0.2) is 9.97 Å². The normalized spacial score (nSPS) is 9.11. The second kappa shape index (κ2) is 12.7. The lowest BCUT2D eigenvalue weighted by Crippen LogP contribution is -2.27. The fourth-order valence-electron chi connectivity index (χ4n) is 1.72. The van der Waals surface area contributed by atoms with Crippen molar-refractivity contribution in [2.75, 3.05) is 26.4 Å². The Labute approximate surface area is 169 Å². The zero-order valence-corrected chi connectivity index (χ0v) is 18.2. The number of ether oxygens (including phenoxy) is 1. The minimum Gasteiger partial charge on any atom is -0.468 e. The molecule has 2 aromatic rings. The highest BCUT2D eigenvalue weighted by Crippen LogP contribution is 2.20. The van der Waals surface area contributed by atoms with Gasteiger partial charge >= 0.3 is 0 Å². The van der Waals surface area contributed by atoms with Crippen molar-refractivity contribution in [3.63, 3.8) is 0 Å². The zero-order chi connectivity index (χ0) is 21.0. The highest BCUT2D eigenvalue weighted by molar-refractivity contribution is 9.10. The molecular formula is C18H27BrN6O2. The second-order valence-corrected chi connectivity index (χ2v) is 5.57. The van der Waals surface area contributed by atoms with E-state index in [1.807, 2.05) is 33.8 Å². The van der Waals surface area contributed by atoms with Gasteiger partial charge in [-0.1, -0.05) is 33.8 Å². The van der Waals surface area contributed by atoms with Gasteiger partial charge < -0.3 is 15.4 Å². The van der Waals surface area contributed by atoms with Gasteiger partial charge in [0.05, 0.1) is 12.2 Å². The van der Waals surface area contributed by atoms with Gasteiger partial charge in [0.2, 0.25) is 5.88 Å². The van der Waals surface area contributed by atoms with Gasteiger partial charge in [0.1, 0.15) is 11.9 Å². The predicted molar refractivity (Wildman–Crippen MR) is 109 cm³/mol. The van der Waals surface area contributed by atoms with Crippen molar-refractivity contribution >= 4 is 27.7 Å². The fourth-order valence-corrected chi connectivity index (χ4v) is 2.22. The molecule has 2 heterocycles. The molecule has 2 aromatic heterocycles. The van der Waals surface area contributed by atoms with Crippen LogP contribution in [-0.2, 0) is 11.3 Å². The first-order valence-corrected chi connectivity index (χ1v) is 9.42. The number of amides is 1. The van der Waals surface area contributed by atoms with Gasteiger partial charge in [0.15, 0.2) is 17.0 Å². The number of carbonyl (C=O) groups excluding carboxylic acids is 1. The maximum Gasteiger partial charge on any atom is 0.260 e. The Morgan fingerprint density at radius 3 is 2.44 bits per heavy atom. The number of halogens is 1. The van der Waals surface area contributed by atoms with Crippen molar-refractivity contribution < 1.29 is 9.53 Å². The minimum atomic E-state index is -0.155. The number of likely N-dealkylation sites (N-methyl/N-ethyl adjacent to an activating group) is 1. The summed E-state index contributed by atoms with van der Waals surface area (Å²) in [6, 6.07) is 7.15. The molecule has 0 radical (unpaired) electrons. The van der Waals surface area contributed by atoms with Crippen molar-refractivity contribution in [1.82, 2.24) is 19.4 Å². The molecule has 9 heteroatoms. The van der Waals surface area contributed by atoms with E-state index in [0.717, 1.165) is 0 Å². The lowest BCUT2D eigenvalue weighted by atomic mass is 10.3. The van der Waals surface area contributed by atoms with Crippen LogP contribution in [0.3, 0.4) is 0 Å². The molecule has 0 spiro atoms. The predicted octanol–water partition coefficient (Wildman–Crippen LogP) is 3.06. The van der Waals surface area contributed by atoms with E-state index < -0.39 is 0 Å². The highest BCUT2D eigenvalue weighted by Gasteiger charge is 2.13. The Balaban J connectivity index is 0.00000158. The van der Waals surface area contributed by atoms with Crippen molar-refractivity contribution in [2.45, 2.75) is 34.2 Å². The SMILES string of the molecule is CC.CC.CN(C)C(=O)COc1cccc(Cn2c(Br)nc(C#N)c2N)n1.